The molecular weight excluding hydrogens is 486 g/mol. The fourth-order valence-electron chi connectivity index (χ4n) is 5.33. The first-order valence-corrected chi connectivity index (χ1v) is 13.1. The number of aliphatic hydroxyl groups is 1. The molecule has 1 saturated carbocycles. The molecule has 1 saturated heterocycles. The normalized spacial score (nSPS) is 19.7. The SMILES string of the molecule is COc1cccc(OC)c1S(=O)(=O)Nc1noc2c1CC1(CC1)c1ccc(N3CC[C@H](O)C3=O)cc1-2. The van der Waals surface area contributed by atoms with Crippen molar-refractivity contribution in [1.82, 2.24) is 5.16 Å². The second kappa shape index (κ2) is 7.97. The van der Waals surface area contributed by atoms with E-state index in [2.05, 4.69) is 9.88 Å². The minimum atomic E-state index is -4.13. The topological polar surface area (TPSA) is 131 Å². The summed E-state index contributed by atoms with van der Waals surface area (Å²) >= 11 is 0. The third kappa shape index (κ3) is 3.37. The lowest BCUT2D eigenvalue weighted by Gasteiger charge is -2.26. The summed E-state index contributed by atoms with van der Waals surface area (Å²) < 4.78 is 45.7. The van der Waals surface area contributed by atoms with Crippen LogP contribution in [0.25, 0.3) is 11.3 Å². The van der Waals surface area contributed by atoms with Crippen LogP contribution < -0.4 is 19.1 Å². The number of fused-ring (bicyclic) bond motifs is 4. The summed E-state index contributed by atoms with van der Waals surface area (Å²) in [6.45, 7) is 0.430. The van der Waals surface area contributed by atoms with Gasteiger partial charge >= 0.3 is 0 Å². The first-order chi connectivity index (χ1) is 17.3. The maximum Gasteiger partial charge on any atom is 0.270 e. The standard InChI is InChI=1S/C25H25N3O7S/c1-33-19-4-3-5-20(34-2)22(19)36(31,32)27-23-16-13-25(9-10-25)17-7-6-14(12-15(17)21(16)35-26-23)28-11-8-18(29)24(28)30/h3-7,12,18,29H,8-11,13H2,1-2H3,(H,26,27)/t18-/m0/s1. The Kier molecular flexibility index (Phi) is 5.06. The number of hydrogen-bond acceptors (Lipinski definition) is 8. The Balaban J connectivity index is 1.41. The van der Waals surface area contributed by atoms with Gasteiger partial charge in [-0.05, 0) is 49.1 Å². The van der Waals surface area contributed by atoms with Crippen LogP contribution in [0.15, 0.2) is 45.8 Å². The molecule has 1 aliphatic heterocycles. The van der Waals surface area contributed by atoms with Crippen LogP contribution in [0, 0.1) is 0 Å². The van der Waals surface area contributed by atoms with E-state index >= 15 is 0 Å². The van der Waals surface area contributed by atoms with E-state index in [1.165, 1.54) is 14.2 Å². The highest BCUT2D eigenvalue weighted by molar-refractivity contribution is 7.93. The summed E-state index contributed by atoms with van der Waals surface area (Å²) in [5.74, 6) is 0.550. The lowest BCUT2D eigenvalue weighted by atomic mass is 9.79. The Morgan fingerprint density at radius 1 is 1.17 bits per heavy atom. The molecule has 2 aromatic carbocycles. The molecule has 6 rings (SSSR count). The number of nitrogens with zero attached hydrogens (tertiary/aromatic N) is 2. The second-order valence-electron chi connectivity index (χ2n) is 9.42. The fraction of sp³-hybridized carbons (Fsp3) is 0.360. The van der Waals surface area contributed by atoms with Gasteiger partial charge in [-0.2, -0.15) is 0 Å². The molecule has 2 heterocycles. The third-order valence-electron chi connectivity index (χ3n) is 7.35. The number of nitrogens with one attached hydrogen (secondary N) is 1. The number of hydrogen-bond donors (Lipinski definition) is 2. The van der Waals surface area contributed by atoms with Crippen molar-refractivity contribution in [2.75, 3.05) is 30.4 Å². The lowest BCUT2D eigenvalue weighted by Crippen LogP contribution is -2.29. The molecule has 0 bridgehead atoms. The largest absolute Gasteiger partial charge is 0.495 e. The summed E-state index contributed by atoms with van der Waals surface area (Å²) in [6, 6.07) is 10.5. The Labute approximate surface area is 207 Å². The molecule has 3 aliphatic rings. The van der Waals surface area contributed by atoms with E-state index in [0.29, 0.717) is 36.4 Å². The van der Waals surface area contributed by atoms with Crippen LogP contribution in [-0.4, -0.2) is 51.5 Å². The van der Waals surface area contributed by atoms with Crippen molar-refractivity contribution in [2.24, 2.45) is 0 Å². The predicted octanol–water partition coefficient (Wildman–Crippen LogP) is 2.84. The highest BCUT2D eigenvalue weighted by Crippen LogP contribution is 2.59. The molecule has 1 atom stereocenters. The smallest absolute Gasteiger partial charge is 0.270 e. The van der Waals surface area contributed by atoms with Gasteiger partial charge in [-0.3, -0.25) is 9.52 Å². The zero-order valence-electron chi connectivity index (χ0n) is 19.8. The van der Waals surface area contributed by atoms with Crippen LogP contribution in [0.1, 0.15) is 30.4 Å². The summed E-state index contributed by atoms with van der Waals surface area (Å²) in [5, 5.41) is 14.0. The van der Waals surface area contributed by atoms with Crippen molar-refractivity contribution in [3.05, 3.63) is 47.5 Å². The molecule has 3 aromatic rings. The van der Waals surface area contributed by atoms with Crippen molar-refractivity contribution < 1.29 is 32.3 Å². The first-order valence-electron chi connectivity index (χ1n) is 11.6. The third-order valence-corrected chi connectivity index (χ3v) is 8.75. The van der Waals surface area contributed by atoms with E-state index in [0.717, 1.165) is 24.0 Å². The number of ether oxygens (including phenoxy) is 2. The van der Waals surface area contributed by atoms with Crippen molar-refractivity contribution in [3.8, 4) is 22.8 Å². The van der Waals surface area contributed by atoms with E-state index in [1.54, 1.807) is 23.1 Å². The zero-order chi connectivity index (χ0) is 25.2. The Morgan fingerprint density at radius 2 is 1.89 bits per heavy atom. The van der Waals surface area contributed by atoms with Gasteiger partial charge in [-0.25, -0.2) is 8.42 Å². The Morgan fingerprint density at radius 3 is 2.50 bits per heavy atom. The van der Waals surface area contributed by atoms with E-state index in [9.17, 15) is 18.3 Å². The minimum Gasteiger partial charge on any atom is -0.495 e. The van der Waals surface area contributed by atoms with Crippen LogP contribution in [0.3, 0.4) is 0 Å². The average Bonchev–Trinajstić information content (AvgIpc) is 3.43. The van der Waals surface area contributed by atoms with Crippen LogP contribution in [0.4, 0.5) is 11.5 Å². The van der Waals surface area contributed by atoms with Crippen molar-refractivity contribution in [2.45, 2.75) is 42.1 Å². The molecule has 2 aliphatic carbocycles. The van der Waals surface area contributed by atoms with Crippen LogP contribution in [-0.2, 0) is 26.7 Å². The fourth-order valence-corrected chi connectivity index (χ4v) is 6.68. The van der Waals surface area contributed by atoms with Gasteiger partial charge in [0, 0.05) is 35.2 Å². The number of benzene rings is 2. The first kappa shape index (κ1) is 22.9. The molecule has 0 unspecified atom stereocenters. The van der Waals surface area contributed by atoms with Gasteiger partial charge in [0.1, 0.15) is 17.6 Å². The molecule has 2 fully saturated rings. The number of methoxy groups -OCH3 is 2. The maximum atomic E-state index is 13.4. The summed E-state index contributed by atoms with van der Waals surface area (Å²) in [6.07, 6.45) is 1.88. The van der Waals surface area contributed by atoms with Gasteiger partial charge in [0.05, 0.1) is 14.2 Å². The lowest BCUT2D eigenvalue weighted by molar-refractivity contribution is -0.123. The molecule has 1 amide bonds. The molecule has 188 valence electrons. The van der Waals surface area contributed by atoms with Crippen molar-refractivity contribution in [3.63, 3.8) is 0 Å². The molecule has 1 spiro atoms. The molecule has 36 heavy (non-hydrogen) atoms. The molecular formula is C25H25N3O7S. The minimum absolute atomic E-state index is 0.118. The number of anilines is 2. The van der Waals surface area contributed by atoms with Crippen LogP contribution in [0.5, 0.6) is 11.5 Å². The summed E-state index contributed by atoms with van der Waals surface area (Å²) in [5.41, 5.74) is 3.10. The number of carbonyl (C=O) groups is 1. The van der Waals surface area contributed by atoms with Crippen LogP contribution in [0.2, 0.25) is 0 Å². The van der Waals surface area contributed by atoms with E-state index in [-0.39, 0.29) is 33.5 Å². The van der Waals surface area contributed by atoms with Gasteiger partial charge in [-0.1, -0.05) is 17.3 Å². The van der Waals surface area contributed by atoms with E-state index in [1.807, 2.05) is 18.2 Å². The molecule has 11 heteroatoms. The van der Waals surface area contributed by atoms with Crippen molar-refractivity contribution in [1.29, 1.82) is 0 Å². The molecule has 10 nitrogen and oxygen atoms in total. The number of aromatic nitrogens is 1. The number of rotatable bonds is 6. The van der Waals surface area contributed by atoms with E-state index in [4.69, 9.17) is 14.0 Å². The maximum absolute atomic E-state index is 13.4. The van der Waals surface area contributed by atoms with Gasteiger partial charge in [-0.15, -0.1) is 0 Å². The Hall–Kier alpha value is -3.57. The van der Waals surface area contributed by atoms with Crippen LogP contribution >= 0.6 is 0 Å². The number of aliphatic hydroxyl groups excluding tert-OH is 1. The number of sulfonamides is 1. The average molecular weight is 512 g/mol. The number of amides is 1. The quantitative estimate of drug-likeness (QED) is 0.517. The molecule has 2 N–H and O–H groups in total. The van der Waals surface area contributed by atoms with Crippen molar-refractivity contribution >= 4 is 27.4 Å². The summed E-state index contributed by atoms with van der Waals surface area (Å²) in [7, 11) is -1.35. The highest BCUT2D eigenvalue weighted by Gasteiger charge is 2.51. The Bertz CT molecular complexity index is 1470. The number of carbonyl (C=O) groups excluding carboxylic acids is 1. The zero-order valence-corrected chi connectivity index (χ0v) is 20.6. The van der Waals surface area contributed by atoms with Gasteiger partial charge in [0.15, 0.2) is 16.5 Å². The summed E-state index contributed by atoms with van der Waals surface area (Å²) in [4.78, 5) is 13.8. The highest BCUT2D eigenvalue weighted by atomic mass is 32.2. The molecule has 0 radical (unpaired) electrons. The monoisotopic (exact) mass is 511 g/mol. The predicted molar refractivity (Wildman–Crippen MR) is 130 cm³/mol. The van der Waals surface area contributed by atoms with Gasteiger partial charge in [0.25, 0.3) is 15.9 Å². The molecule has 1 aromatic heterocycles. The van der Waals surface area contributed by atoms with E-state index < -0.39 is 16.1 Å². The van der Waals surface area contributed by atoms with Gasteiger partial charge in [0.2, 0.25) is 0 Å². The van der Waals surface area contributed by atoms with Gasteiger partial charge < -0.3 is 24.0 Å². The second-order valence-corrected chi connectivity index (χ2v) is 11.0.